The minimum absolute atomic E-state index is 0.416. The Morgan fingerprint density at radius 1 is 1.67 bits per heavy atom. The molecule has 0 bridgehead atoms. The molecule has 0 radical (unpaired) electrons. The monoisotopic (exact) mass is 214 g/mol. The van der Waals surface area contributed by atoms with Gasteiger partial charge in [-0.25, -0.2) is 0 Å². The molecule has 0 saturated carbocycles. The summed E-state index contributed by atoms with van der Waals surface area (Å²) in [5.74, 6) is -0.0371. The van der Waals surface area contributed by atoms with Gasteiger partial charge in [0.2, 0.25) is 0 Å². The van der Waals surface area contributed by atoms with Crippen LogP contribution in [-0.2, 0) is 4.79 Å². The van der Waals surface area contributed by atoms with E-state index >= 15 is 0 Å². The number of carbonyl (C=O) groups is 1. The zero-order valence-corrected chi connectivity index (χ0v) is 9.70. The normalized spacial score (nSPS) is 25.1. The summed E-state index contributed by atoms with van der Waals surface area (Å²) < 4.78 is 0. The topological polar surface area (TPSA) is 52.6 Å². The molecule has 0 aromatic heterocycles. The van der Waals surface area contributed by atoms with Gasteiger partial charge in [-0.05, 0) is 31.8 Å². The predicted molar refractivity (Wildman–Crippen MR) is 59.9 cm³/mol. The Balaban J connectivity index is 2.39. The molecule has 2 atom stereocenters. The van der Waals surface area contributed by atoms with Crippen molar-refractivity contribution in [3.63, 3.8) is 0 Å². The van der Waals surface area contributed by atoms with E-state index in [4.69, 9.17) is 5.11 Å². The molecule has 1 aliphatic rings. The Hall–Kier alpha value is -0.610. The smallest absolute Gasteiger partial charge is 0.322 e. The van der Waals surface area contributed by atoms with E-state index in [2.05, 4.69) is 17.1 Å². The zero-order valence-electron chi connectivity index (χ0n) is 9.70. The van der Waals surface area contributed by atoms with Crippen LogP contribution in [0.15, 0.2) is 0 Å². The highest BCUT2D eigenvalue weighted by molar-refractivity contribution is 5.73. The second kappa shape index (κ2) is 6.08. The summed E-state index contributed by atoms with van der Waals surface area (Å²) in [6.45, 7) is 7.59. The number of nitrogens with zero attached hydrogens (tertiary/aromatic N) is 1. The van der Waals surface area contributed by atoms with E-state index in [0.29, 0.717) is 19.0 Å². The molecule has 1 fully saturated rings. The lowest BCUT2D eigenvalue weighted by Gasteiger charge is -2.32. The third-order valence-electron chi connectivity index (χ3n) is 2.93. The molecule has 15 heavy (non-hydrogen) atoms. The van der Waals surface area contributed by atoms with Gasteiger partial charge in [-0.1, -0.05) is 13.8 Å². The molecule has 2 N–H and O–H groups in total. The van der Waals surface area contributed by atoms with Gasteiger partial charge in [-0.15, -0.1) is 0 Å². The molecule has 88 valence electrons. The van der Waals surface area contributed by atoms with Gasteiger partial charge in [0.25, 0.3) is 0 Å². The minimum Gasteiger partial charge on any atom is -0.480 e. The number of aliphatic carboxylic acids is 1. The number of likely N-dealkylation sites (N-methyl/N-ethyl adjacent to an activating group) is 1. The van der Waals surface area contributed by atoms with Crippen molar-refractivity contribution >= 4 is 5.97 Å². The summed E-state index contributed by atoms with van der Waals surface area (Å²) in [5, 5.41) is 12.0. The number of piperidine rings is 1. The molecule has 0 aliphatic carbocycles. The van der Waals surface area contributed by atoms with E-state index in [1.54, 1.807) is 0 Å². The SMILES string of the molecule is CCNC(CN1CCCC(C)C1)C(=O)O. The second-order valence-corrected chi connectivity index (χ2v) is 4.46. The maximum atomic E-state index is 11.0. The van der Waals surface area contributed by atoms with Crippen molar-refractivity contribution in [3.05, 3.63) is 0 Å². The highest BCUT2D eigenvalue weighted by Gasteiger charge is 2.23. The fraction of sp³-hybridized carbons (Fsp3) is 0.909. The Morgan fingerprint density at radius 2 is 2.40 bits per heavy atom. The van der Waals surface area contributed by atoms with E-state index in [-0.39, 0.29) is 0 Å². The van der Waals surface area contributed by atoms with Crippen LogP contribution in [0, 0.1) is 5.92 Å². The molecule has 4 heteroatoms. The molecule has 0 spiro atoms. The third kappa shape index (κ3) is 4.18. The molecule has 1 aliphatic heterocycles. The van der Waals surface area contributed by atoms with Crippen molar-refractivity contribution in [2.45, 2.75) is 32.7 Å². The van der Waals surface area contributed by atoms with E-state index < -0.39 is 12.0 Å². The number of rotatable bonds is 5. The van der Waals surface area contributed by atoms with E-state index in [1.165, 1.54) is 12.8 Å². The standard InChI is InChI=1S/C11H22N2O2/c1-3-12-10(11(14)15)8-13-6-4-5-9(2)7-13/h9-10,12H,3-8H2,1-2H3,(H,14,15). The van der Waals surface area contributed by atoms with Gasteiger partial charge in [0, 0.05) is 13.1 Å². The number of hydrogen-bond acceptors (Lipinski definition) is 3. The molecule has 4 nitrogen and oxygen atoms in total. The molecule has 2 unspecified atom stereocenters. The van der Waals surface area contributed by atoms with Crippen LogP contribution < -0.4 is 5.32 Å². The summed E-state index contributed by atoms with van der Waals surface area (Å²) in [4.78, 5) is 13.2. The second-order valence-electron chi connectivity index (χ2n) is 4.46. The fourth-order valence-corrected chi connectivity index (χ4v) is 2.19. The summed E-state index contributed by atoms with van der Waals surface area (Å²) in [6.07, 6.45) is 2.47. The lowest BCUT2D eigenvalue weighted by molar-refractivity contribution is -0.140. The first-order valence-corrected chi connectivity index (χ1v) is 5.82. The van der Waals surface area contributed by atoms with E-state index in [9.17, 15) is 4.79 Å². The largest absolute Gasteiger partial charge is 0.480 e. The number of carboxylic acid groups (broad SMARTS) is 1. The molecule has 0 aromatic carbocycles. The molecular weight excluding hydrogens is 192 g/mol. The van der Waals surface area contributed by atoms with Crippen LogP contribution in [0.4, 0.5) is 0 Å². The van der Waals surface area contributed by atoms with Gasteiger partial charge in [0.15, 0.2) is 0 Å². The Labute approximate surface area is 91.6 Å². The zero-order chi connectivity index (χ0) is 11.3. The Morgan fingerprint density at radius 3 is 2.93 bits per heavy atom. The van der Waals surface area contributed by atoms with Crippen LogP contribution >= 0.6 is 0 Å². The maximum absolute atomic E-state index is 11.0. The van der Waals surface area contributed by atoms with Crippen LogP contribution in [0.2, 0.25) is 0 Å². The molecule has 1 rings (SSSR count). The van der Waals surface area contributed by atoms with Crippen molar-refractivity contribution < 1.29 is 9.90 Å². The first kappa shape index (κ1) is 12.5. The summed E-state index contributed by atoms with van der Waals surface area (Å²) >= 11 is 0. The van der Waals surface area contributed by atoms with Crippen LogP contribution in [-0.4, -0.2) is 48.2 Å². The van der Waals surface area contributed by atoms with Gasteiger partial charge in [-0.3, -0.25) is 4.79 Å². The van der Waals surface area contributed by atoms with Crippen molar-refractivity contribution in [1.82, 2.24) is 10.2 Å². The van der Waals surface area contributed by atoms with Crippen LogP contribution in [0.25, 0.3) is 0 Å². The molecule has 0 amide bonds. The first-order chi connectivity index (χ1) is 7.13. The van der Waals surface area contributed by atoms with Crippen LogP contribution in [0.1, 0.15) is 26.7 Å². The fourth-order valence-electron chi connectivity index (χ4n) is 2.19. The highest BCUT2D eigenvalue weighted by atomic mass is 16.4. The maximum Gasteiger partial charge on any atom is 0.322 e. The minimum atomic E-state index is -0.741. The first-order valence-electron chi connectivity index (χ1n) is 5.82. The molecule has 0 aromatic rings. The van der Waals surface area contributed by atoms with Crippen LogP contribution in [0.3, 0.4) is 0 Å². The predicted octanol–water partition coefficient (Wildman–Crippen LogP) is 0.781. The van der Waals surface area contributed by atoms with Crippen molar-refractivity contribution in [3.8, 4) is 0 Å². The lowest BCUT2D eigenvalue weighted by atomic mass is 10.00. The average molecular weight is 214 g/mol. The average Bonchev–Trinajstić information content (AvgIpc) is 2.17. The van der Waals surface area contributed by atoms with Crippen molar-refractivity contribution in [2.24, 2.45) is 5.92 Å². The quantitative estimate of drug-likeness (QED) is 0.710. The van der Waals surface area contributed by atoms with Gasteiger partial charge in [-0.2, -0.15) is 0 Å². The third-order valence-corrected chi connectivity index (χ3v) is 2.93. The van der Waals surface area contributed by atoms with Gasteiger partial charge >= 0.3 is 5.97 Å². The number of likely N-dealkylation sites (tertiary alicyclic amines) is 1. The van der Waals surface area contributed by atoms with E-state index in [1.807, 2.05) is 6.92 Å². The number of carboxylic acids is 1. The Bertz CT molecular complexity index is 209. The molecule has 1 heterocycles. The van der Waals surface area contributed by atoms with Gasteiger partial charge < -0.3 is 15.3 Å². The van der Waals surface area contributed by atoms with Gasteiger partial charge in [0.1, 0.15) is 6.04 Å². The molecule has 1 saturated heterocycles. The molecular formula is C11H22N2O2. The summed E-state index contributed by atoms with van der Waals surface area (Å²) in [5.41, 5.74) is 0. The Kier molecular flexibility index (Phi) is 5.05. The van der Waals surface area contributed by atoms with Crippen molar-refractivity contribution in [2.75, 3.05) is 26.2 Å². The van der Waals surface area contributed by atoms with Crippen molar-refractivity contribution in [1.29, 1.82) is 0 Å². The van der Waals surface area contributed by atoms with Crippen LogP contribution in [0.5, 0.6) is 0 Å². The van der Waals surface area contributed by atoms with E-state index in [0.717, 1.165) is 13.1 Å². The van der Waals surface area contributed by atoms with Gasteiger partial charge in [0.05, 0.1) is 0 Å². The summed E-state index contributed by atoms with van der Waals surface area (Å²) in [6, 6.07) is -0.416. The highest BCUT2D eigenvalue weighted by Crippen LogP contribution is 2.15. The lowest BCUT2D eigenvalue weighted by Crippen LogP contribution is -2.48. The number of nitrogens with one attached hydrogen (secondary N) is 1. The summed E-state index contributed by atoms with van der Waals surface area (Å²) in [7, 11) is 0. The number of hydrogen-bond donors (Lipinski definition) is 2.